The smallest absolute Gasteiger partial charge is 0.354 e. The number of carbonyl (C=O) groups is 2. The zero-order chi connectivity index (χ0) is 21.9. The van der Waals surface area contributed by atoms with Crippen LogP contribution in [-0.4, -0.2) is 67.1 Å². The number of hydrogen-bond acceptors (Lipinski definition) is 7. The van der Waals surface area contributed by atoms with E-state index in [0.717, 1.165) is 0 Å². The molecule has 1 amide bonds. The van der Waals surface area contributed by atoms with Crippen LogP contribution in [0, 0.1) is 11.3 Å². The molecule has 3 aliphatic heterocycles. The van der Waals surface area contributed by atoms with E-state index >= 15 is 0 Å². The van der Waals surface area contributed by atoms with E-state index in [1.54, 1.807) is 0 Å². The van der Waals surface area contributed by atoms with Gasteiger partial charge < -0.3 is 9.53 Å². The van der Waals surface area contributed by atoms with Gasteiger partial charge in [-0.2, -0.15) is 0 Å². The van der Waals surface area contributed by atoms with Gasteiger partial charge in [-0.15, -0.1) is 11.8 Å². The summed E-state index contributed by atoms with van der Waals surface area (Å²) in [5.74, 6) is -1.62. The molecule has 0 aromatic rings. The van der Waals surface area contributed by atoms with Gasteiger partial charge in [-0.3, -0.25) is 9.69 Å². The van der Waals surface area contributed by atoms with Crippen molar-refractivity contribution >= 4 is 54.3 Å². The van der Waals surface area contributed by atoms with Gasteiger partial charge in [0.1, 0.15) is 5.37 Å². The van der Waals surface area contributed by atoms with Crippen LogP contribution in [0.2, 0.25) is 13.1 Å². The molecular weight excluding hydrogens is 450 g/mol. The summed E-state index contributed by atoms with van der Waals surface area (Å²) in [6.07, 6.45) is 0.508. The fourth-order valence-corrected chi connectivity index (χ4v) is 11.3. The van der Waals surface area contributed by atoms with E-state index in [4.69, 9.17) is 4.43 Å². The van der Waals surface area contributed by atoms with Crippen molar-refractivity contribution in [3.63, 3.8) is 0 Å². The van der Waals surface area contributed by atoms with Crippen LogP contribution in [-0.2, 0) is 23.9 Å². The third-order valence-electron chi connectivity index (χ3n) is 5.94. The summed E-state index contributed by atoms with van der Waals surface area (Å²) in [6, 6.07) is 0. The van der Waals surface area contributed by atoms with Crippen molar-refractivity contribution in [2.24, 2.45) is 11.3 Å². The number of carbonyl (C=O) groups excluding carboxylic acids is 1. The van der Waals surface area contributed by atoms with Crippen LogP contribution in [0.4, 0.5) is 0 Å². The molecule has 164 valence electrons. The number of β-lactam (4-membered cyclic amide) rings is 1. The van der Waals surface area contributed by atoms with E-state index in [0.29, 0.717) is 10.7 Å². The van der Waals surface area contributed by atoms with Crippen molar-refractivity contribution in [1.82, 2.24) is 4.90 Å². The molecule has 0 aromatic carbocycles. The molecule has 3 heterocycles. The lowest BCUT2D eigenvalue weighted by Gasteiger charge is -2.56. The molecule has 0 radical (unpaired) electrons. The van der Waals surface area contributed by atoms with Crippen molar-refractivity contribution in [2.75, 3.05) is 11.5 Å². The number of rotatable bonds is 6. The molecule has 3 rings (SSSR count). The number of carboxylic acid groups (broad SMARTS) is 1. The molecule has 0 bridgehead atoms. The van der Waals surface area contributed by atoms with Crippen molar-refractivity contribution in [3.8, 4) is 0 Å². The highest BCUT2D eigenvalue weighted by atomic mass is 32.2. The summed E-state index contributed by atoms with van der Waals surface area (Å²) in [5.41, 5.74) is -1.02. The molecule has 7 nitrogen and oxygen atoms in total. The SMILES string of the molecule is C[SiH](C)O[C@](C)([C@H]1C(=O)N2C(C(=O)O)=C(SC3CCS(=O)(=O)C3)S[C@H]12)C(C)(C)C. The molecule has 4 atom stereocenters. The number of thioether (sulfide) groups is 2. The second-order valence-corrected chi connectivity index (χ2v) is 16.6. The van der Waals surface area contributed by atoms with Gasteiger partial charge >= 0.3 is 5.97 Å². The molecule has 0 spiro atoms. The predicted molar refractivity (Wildman–Crippen MR) is 119 cm³/mol. The molecule has 2 fully saturated rings. The number of amides is 1. The molecule has 2 saturated heterocycles. The molecule has 29 heavy (non-hydrogen) atoms. The summed E-state index contributed by atoms with van der Waals surface area (Å²) < 4.78 is 30.5. The quantitative estimate of drug-likeness (QED) is 0.458. The Kier molecular flexibility index (Phi) is 6.05. The van der Waals surface area contributed by atoms with Gasteiger partial charge in [0.25, 0.3) is 0 Å². The third kappa shape index (κ3) is 4.05. The lowest BCUT2D eigenvalue weighted by molar-refractivity contribution is -0.173. The van der Waals surface area contributed by atoms with Gasteiger partial charge in [0.15, 0.2) is 24.6 Å². The molecule has 1 N–H and O–H groups in total. The van der Waals surface area contributed by atoms with Crippen LogP contribution >= 0.6 is 23.5 Å². The number of sulfone groups is 1. The highest BCUT2D eigenvalue weighted by Crippen LogP contribution is 2.59. The van der Waals surface area contributed by atoms with Gasteiger partial charge in [0.2, 0.25) is 5.91 Å². The van der Waals surface area contributed by atoms with Gasteiger partial charge in [-0.05, 0) is 31.9 Å². The van der Waals surface area contributed by atoms with Crippen LogP contribution < -0.4 is 0 Å². The maximum Gasteiger partial charge on any atom is 0.354 e. The number of fused-ring (bicyclic) bond motifs is 1. The van der Waals surface area contributed by atoms with Crippen LogP contribution in [0.5, 0.6) is 0 Å². The predicted octanol–water partition coefficient (Wildman–Crippen LogP) is 2.50. The normalized spacial score (nSPS) is 31.1. The van der Waals surface area contributed by atoms with E-state index in [1.165, 1.54) is 28.4 Å². The van der Waals surface area contributed by atoms with Crippen molar-refractivity contribution in [1.29, 1.82) is 0 Å². The highest BCUT2D eigenvalue weighted by Gasteiger charge is 2.65. The van der Waals surface area contributed by atoms with E-state index in [2.05, 4.69) is 13.1 Å². The van der Waals surface area contributed by atoms with Crippen LogP contribution in [0.15, 0.2) is 9.93 Å². The van der Waals surface area contributed by atoms with E-state index in [9.17, 15) is 23.1 Å². The van der Waals surface area contributed by atoms with Crippen LogP contribution in [0.25, 0.3) is 0 Å². The molecule has 0 aliphatic carbocycles. The largest absolute Gasteiger partial charge is 0.477 e. The Hall–Kier alpha value is -0.493. The first-order valence-electron chi connectivity index (χ1n) is 9.70. The molecule has 1 unspecified atom stereocenters. The van der Waals surface area contributed by atoms with E-state index < -0.39 is 36.4 Å². The number of carboxylic acids is 1. The Bertz CT molecular complexity index is 865. The summed E-state index contributed by atoms with van der Waals surface area (Å²) in [7, 11) is -4.53. The minimum atomic E-state index is -3.06. The van der Waals surface area contributed by atoms with Crippen molar-refractivity contribution in [2.45, 2.75) is 63.4 Å². The van der Waals surface area contributed by atoms with Gasteiger partial charge in [0.05, 0.1) is 27.3 Å². The van der Waals surface area contributed by atoms with Crippen molar-refractivity contribution in [3.05, 3.63) is 9.93 Å². The topological polar surface area (TPSA) is 101 Å². The fraction of sp³-hybridized carbons (Fsp3) is 0.778. The maximum absolute atomic E-state index is 13.2. The minimum absolute atomic E-state index is 0.00593. The molecular formula is C18H29NO6S3Si. The second-order valence-electron chi connectivity index (χ2n) is 9.30. The summed E-state index contributed by atoms with van der Waals surface area (Å²) in [4.78, 5) is 26.5. The van der Waals surface area contributed by atoms with E-state index in [-0.39, 0.29) is 39.1 Å². The van der Waals surface area contributed by atoms with Gasteiger partial charge in [0, 0.05) is 5.25 Å². The van der Waals surface area contributed by atoms with E-state index in [1.807, 2.05) is 27.7 Å². The Morgan fingerprint density at radius 3 is 2.38 bits per heavy atom. The Morgan fingerprint density at radius 2 is 1.93 bits per heavy atom. The average Bonchev–Trinajstić information content (AvgIpc) is 3.03. The first-order valence-corrected chi connectivity index (χ1v) is 16.1. The first kappa shape index (κ1) is 23.2. The van der Waals surface area contributed by atoms with Crippen LogP contribution in [0.3, 0.4) is 0 Å². The summed E-state index contributed by atoms with van der Waals surface area (Å²) in [6.45, 7) is 12.2. The number of aliphatic carboxylic acids is 1. The molecule has 11 heteroatoms. The van der Waals surface area contributed by atoms with Gasteiger partial charge in [-0.1, -0.05) is 32.5 Å². The Balaban J connectivity index is 1.89. The summed E-state index contributed by atoms with van der Waals surface area (Å²) in [5, 5.41) is 9.28. The highest BCUT2D eigenvalue weighted by molar-refractivity contribution is 8.23. The standard InChI is InChI=1S/C18H29NO6S3Si/c1-17(2,3)18(4,25-29(5)6)11-13(20)19-12(15(21)22)16(27-14(11)19)26-10-7-8-28(23,24)9-10/h10-11,14,29H,7-9H2,1-6H3,(H,21,22)/t10?,11-,14+,18+/m0/s1. The maximum atomic E-state index is 13.2. The lowest BCUT2D eigenvalue weighted by Crippen LogP contribution is -2.69. The minimum Gasteiger partial charge on any atom is -0.477 e. The molecule has 3 aliphatic rings. The number of nitrogens with zero attached hydrogens (tertiary/aromatic N) is 1. The fourth-order valence-electron chi connectivity index (χ4n) is 4.08. The summed E-state index contributed by atoms with van der Waals surface area (Å²) >= 11 is 2.67. The molecule has 0 aromatic heterocycles. The molecule has 0 saturated carbocycles. The lowest BCUT2D eigenvalue weighted by atomic mass is 9.66. The Morgan fingerprint density at radius 1 is 1.31 bits per heavy atom. The Labute approximate surface area is 182 Å². The first-order chi connectivity index (χ1) is 13.2. The third-order valence-corrected chi connectivity index (χ3v) is 11.7. The zero-order valence-electron chi connectivity index (χ0n) is 17.6. The van der Waals surface area contributed by atoms with Crippen LogP contribution in [0.1, 0.15) is 34.1 Å². The average molecular weight is 480 g/mol. The number of hydrogen-bond donors (Lipinski definition) is 1. The van der Waals surface area contributed by atoms with Crippen molar-refractivity contribution < 1.29 is 27.5 Å². The monoisotopic (exact) mass is 479 g/mol. The zero-order valence-corrected chi connectivity index (χ0v) is 21.2. The van der Waals surface area contributed by atoms with Gasteiger partial charge in [-0.25, -0.2) is 13.2 Å². The second kappa shape index (κ2) is 7.58.